The van der Waals surface area contributed by atoms with E-state index in [9.17, 15) is 0 Å². The average molecular weight is 518 g/mol. The van der Waals surface area contributed by atoms with Crippen molar-refractivity contribution in [3.05, 3.63) is 70.5 Å². The Morgan fingerprint density at radius 3 is 2.48 bits per heavy atom. The smallest absolute Gasteiger partial charge is 0.0602 e. The molecule has 2 aromatic carbocycles. The molecule has 0 spiro atoms. The first-order valence-corrected chi connectivity index (χ1v) is 7.23. The van der Waals surface area contributed by atoms with E-state index in [1.807, 2.05) is 36.7 Å². The van der Waals surface area contributed by atoms with Crippen molar-refractivity contribution in [2.24, 2.45) is 0 Å². The predicted molar refractivity (Wildman–Crippen MR) is 85.0 cm³/mol. The standard InChI is InChI=1S/C17H14BrN2.Ir/c1-12-10-15(18)11-13(2)16(12)20-9-8-19-17(20)14-6-4-3-5-7-14;/h3-6,8-11H,1-2H3;/q-1;. The van der Waals surface area contributed by atoms with Gasteiger partial charge in [-0.2, -0.15) is 0 Å². The Kier molecular flexibility index (Phi) is 5.15. The van der Waals surface area contributed by atoms with Crippen LogP contribution >= 0.6 is 15.9 Å². The number of rotatable bonds is 2. The Balaban J connectivity index is 0.00000161. The van der Waals surface area contributed by atoms with E-state index in [0.29, 0.717) is 0 Å². The van der Waals surface area contributed by atoms with E-state index in [0.717, 1.165) is 15.9 Å². The van der Waals surface area contributed by atoms with Gasteiger partial charge >= 0.3 is 0 Å². The Morgan fingerprint density at radius 2 is 1.86 bits per heavy atom. The molecule has 0 saturated carbocycles. The monoisotopic (exact) mass is 518 g/mol. The van der Waals surface area contributed by atoms with Gasteiger partial charge in [0.1, 0.15) is 0 Å². The van der Waals surface area contributed by atoms with Crippen molar-refractivity contribution in [3.8, 4) is 17.1 Å². The molecule has 0 aliphatic heterocycles. The number of hydrogen-bond donors (Lipinski definition) is 0. The van der Waals surface area contributed by atoms with Crippen LogP contribution in [0.5, 0.6) is 0 Å². The van der Waals surface area contributed by atoms with E-state index in [4.69, 9.17) is 0 Å². The zero-order valence-corrected chi connectivity index (χ0v) is 15.7. The van der Waals surface area contributed by atoms with E-state index in [1.54, 1.807) is 0 Å². The van der Waals surface area contributed by atoms with Crippen molar-refractivity contribution in [1.82, 2.24) is 9.55 Å². The first-order chi connectivity index (χ1) is 9.66. The van der Waals surface area contributed by atoms with Crippen LogP contribution in [0.4, 0.5) is 0 Å². The van der Waals surface area contributed by atoms with Gasteiger partial charge in [-0.05, 0) is 37.1 Å². The average Bonchev–Trinajstić information content (AvgIpc) is 2.87. The van der Waals surface area contributed by atoms with E-state index < -0.39 is 0 Å². The summed E-state index contributed by atoms with van der Waals surface area (Å²) in [4.78, 5) is 4.49. The molecule has 0 saturated heterocycles. The number of aromatic nitrogens is 2. The fourth-order valence-electron chi connectivity index (χ4n) is 2.50. The van der Waals surface area contributed by atoms with Crippen molar-refractivity contribution < 1.29 is 20.1 Å². The summed E-state index contributed by atoms with van der Waals surface area (Å²) in [6.45, 7) is 4.23. The van der Waals surface area contributed by atoms with Gasteiger partial charge in [0.2, 0.25) is 0 Å². The molecule has 1 heterocycles. The first-order valence-electron chi connectivity index (χ1n) is 6.44. The number of halogens is 1. The van der Waals surface area contributed by atoms with Crippen LogP contribution in [0.2, 0.25) is 0 Å². The number of nitrogens with zero attached hydrogens (tertiary/aromatic N) is 2. The first kappa shape index (κ1) is 16.2. The van der Waals surface area contributed by atoms with Crippen LogP contribution in [0.3, 0.4) is 0 Å². The van der Waals surface area contributed by atoms with E-state index >= 15 is 0 Å². The van der Waals surface area contributed by atoms with Gasteiger partial charge < -0.3 is 4.57 Å². The van der Waals surface area contributed by atoms with Gasteiger partial charge in [0, 0.05) is 42.7 Å². The summed E-state index contributed by atoms with van der Waals surface area (Å²) >= 11 is 3.54. The summed E-state index contributed by atoms with van der Waals surface area (Å²) in [7, 11) is 0. The molecule has 0 aliphatic rings. The second-order valence-electron chi connectivity index (χ2n) is 4.79. The second kappa shape index (κ2) is 6.69. The summed E-state index contributed by atoms with van der Waals surface area (Å²) < 4.78 is 3.23. The minimum absolute atomic E-state index is 0. The van der Waals surface area contributed by atoms with Crippen molar-refractivity contribution in [3.63, 3.8) is 0 Å². The van der Waals surface area contributed by atoms with Crippen molar-refractivity contribution in [1.29, 1.82) is 0 Å². The zero-order valence-electron chi connectivity index (χ0n) is 11.7. The number of aryl methyl sites for hydroxylation is 2. The van der Waals surface area contributed by atoms with Crippen LogP contribution in [-0.4, -0.2) is 9.55 Å². The molecule has 0 amide bonds. The molecule has 2 nitrogen and oxygen atoms in total. The van der Waals surface area contributed by atoms with E-state index in [-0.39, 0.29) is 20.1 Å². The molecule has 0 fully saturated rings. The topological polar surface area (TPSA) is 17.8 Å². The summed E-state index contributed by atoms with van der Waals surface area (Å²) in [5.74, 6) is 0.916. The SMILES string of the molecule is Cc1cc(Br)cc(C)c1-n1ccnc1-c1[c-]cccc1.[Ir]. The van der Waals surface area contributed by atoms with Crippen molar-refractivity contribution in [2.45, 2.75) is 13.8 Å². The normalized spacial score (nSPS) is 10.2. The van der Waals surface area contributed by atoms with Crippen LogP contribution < -0.4 is 0 Å². The molecule has 3 rings (SSSR count). The molecule has 21 heavy (non-hydrogen) atoms. The van der Waals surface area contributed by atoms with Gasteiger partial charge in [-0.15, -0.1) is 35.9 Å². The summed E-state index contributed by atoms with van der Waals surface area (Å²) in [6, 6.07) is 15.4. The van der Waals surface area contributed by atoms with E-state index in [1.165, 1.54) is 16.8 Å². The van der Waals surface area contributed by atoms with Gasteiger partial charge in [-0.1, -0.05) is 15.9 Å². The third-order valence-corrected chi connectivity index (χ3v) is 3.75. The third-order valence-electron chi connectivity index (χ3n) is 3.29. The molecule has 4 heteroatoms. The maximum atomic E-state index is 4.49. The molecular formula is C17H14BrIrN2-. The van der Waals surface area contributed by atoms with Crippen LogP contribution in [0, 0.1) is 19.9 Å². The van der Waals surface area contributed by atoms with E-state index in [2.05, 4.69) is 57.5 Å². The van der Waals surface area contributed by atoms with Crippen LogP contribution in [-0.2, 0) is 20.1 Å². The Labute approximate surface area is 146 Å². The molecular weight excluding hydrogens is 504 g/mol. The molecule has 1 aromatic heterocycles. The number of imidazole rings is 1. The molecule has 0 atom stereocenters. The Hall–Kier alpha value is -1.22. The van der Waals surface area contributed by atoms with Crippen LogP contribution in [0.15, 0.2) is 53.3 Å². The molecule has 0 N–H and O–H groups in total. The fourth-order valence-corrected chi connectivity index (χ4v) is 3.19. The number of hydrogen-bond acceptors (Lipinski definition) is 1. The van der Waals surface area contributed by atoms with Crippen molar-refractivity contribution in [2.75, 3.05) is 0 Å². The van der Waals surface area contributed by atoms with Crippen LogP contribution in [0.1, 0.15) is 11.1 Å². The largest absolute Gasteiger partial charge is 0.340 e. The molecule has 109 valence electrons. The maximum absolute atomic E-state index is 4.49. The quantitative estimate of drug-likeness (QED) is 0.450. The Morgan fingerprint density at radius 1 is 1.14 bits per heavy atom. The van der Waals surface area contributed by atoms with Gasteiger partial charge in [-0.25, -0.2) is 0 Å². The number of benzene rings is 2. The van der Waals surface area contributed by atoms with Gasteiger partial charge in [0.05, 0.1) is 5.82 Å². The molecule has 0 bridgehead atoms. The van der Waals surface area contributed by atoms with Crippen molar-refractivity contribution >= 4 is 15.9 Å². The van der Waals surface area contributed by atoms with Gasteiger partial charge in [-0.3, -0.25) is 4.98 Å². The predicted octanol–water partition coefficient (Wildman–Crippen LogP) is 4.72. The minimum Gasteiger partial charge on any atom is -0.340 e. The second-order valence-corrected chi connectivity index (χ2v) is 5.70. The fraction of sp³-hybridized carbons (Fsp3) is 0.118. The molecule has 0 aliphatic carbocycles. The molecule has 3 aromatic rings. The third kappa shape index (κ3) is 3.18. The maximum Gasteiger partial charge on any atom is 0.0602 e. The summed E-state index contributed by atoms with van der Waals surface area (Å²) in [5.41, 5.74) is 4.61. The Bertz CT molecular complexity index is 727. The van der Waals surface area contributed by atoms with Gasteiger partial charge in [0.15, 0.2) is 0 Å². The van der Waals surface area contributed by atoms with Crippen LogP contribution in [0.25, 0.3) is 17.1 Å². The minimum atomic E-state index is 0. The molecule has 1 radical (unpaired) electrons. The van der Waals surface area contributed by atoms with Gasteiger partial charge in [0.25, 0.3) is 0 Å². The zero-order chi connectivity index (χ0) is 14.1. The summed E-state index contributed by atoms with van der Waals surface area (Å²) in [5, 5.41) is 0. The molecule has 0 unspecified atom stereocenters. The summed E-state index contributed by atoms with van der Waals surface area (Å²) in [6.07, 6.45) is 3.83.